The van der Waals surface area contributed by atoms with Gasteiger partial charge in [0.05, 0.1) is 4.90 Å². The molecule has 0 fully saturated rings. The fourth-order valence-corrected chi connectivity index (χ4v) is 3.69. The average molecular weight is 336 g/mol. The fraction of sp³-hybridized carbons (Fsp3) is 0.571. The molecule has 1 N–H and O–H groups in total. The van der Waals surface area contributed by atoms with Crippen LogP contribution < -0.4 is 5.32 Å². The smallest absolute Gasteiger partial charge is 0.175 e. The van der Waals surface area contributed by atoms with E-state index in [0.717, 1.165) is 13.0 Å². The summed E-state index contributed by atoms with van der Waals surface area (Å²) >= 11 is 7.97. The van der Waals surface area contributed by atoms with Crippen LogP contribution in [0.4, 0.5) is 0 Å². The Morgan fingerprint density at radius 1 is 1.25 bits per heavy atom. The molecule has 0 aromatic heterocycles. The first-order chi connectivity index (χ1) is 9.46. The van der Waals surface area contributed by atoms with E-state index >= 15 is 0 Å². The van der Waals surface area contributed by atoms with Gasteiger partial charge in [0.25, 0.3) is 0 Å². The van der Waals surface area contributed by atoms with Crippen molar-refractivity contribution in [2.45, 2.75) is 30.7 Å². The minimum absolute atomic E-state index is 0.319. The van der Waals surface area contributed by atoms with Gasteiger partial charge in [-0.2, -0.15) is 11.8 Å². The van der Waals surface area contributed by atoms with E-state index in [1.807, 2.05) is 11.8 Å². The van der Waals surface area contributed by atoms with Crippen LogP contribution in [0.25, 0.3) is 0 Å². The molecule has 6 heteroatoms. The monoisotopic (exact) mass is 335 g/mol. The van der Waals surface area contributed by atoms with Crippen LogP contribution in [0.15, 0.2) is 23.1 Å². The van der Waals surface area contributed by atoms with Gasteiger partial charge in [-0.3, -0.25) is 0 Å². The molecule has 0 aliphatic rings. The molecule has 0 heterocycles. The van der Waals surface area contributed by atoms with E-state index in [-0.39, 0.29) is 0 Å². The number of nitrogens with one attached hydrogen (secondary N) is 1. The van der Waals surface area contributed by atoms with Crippen molar-refractivity contribution in [3.05, 3.63) is 28.8 Å². The van der Waals surface area contributed by atoms with Gasteiger partial charge < -0.3 is 5.32 Å². The van der Waals surface area contributed by atoms with Gasteiger partial charge >= 0.3 is 0 Å². The first-order valence-electron chi connectivity index (χ1n) is 6.64. The maximum Gasteiger partial charge on any atom is 0.175 e. The van der Waals surface area contributed by atoms with Crippen molar-refractivity contribution in [3.8, 4) is 0 Å². The highest BCUT2D eigenvalue weighted by atomic mass is 35.5. The average Bonchev–Trinajstić information content (AvgIpc) is 2.38. The Kier molecular flexibility index (Phi) is 7.95. The highest BCUT2D eigenvalue weighted by molar-refractivity contribution is 7.98. The summed E-state index contributed by atoms with van der Waals surface area (Å²) < 4.78 is 23.4. The zero-order valence-electron chi connectivity index (χ0n) is 12.0. The molecule has 0 aliphatic heterocycles. The SMILES string of the molecule is CSCCCCCNCc1c(Cl)cccc1S(C)(=O)=O. The second kappa shape index (κ2) is 8.93. The lowest BCUT2D eigenvalue weighted by atomic mass is 10.2. The van der Waals surface area contributed by atoms with Crippen LogP contribution in [-0.4, -0.2) is 33.2 Å². The molecule has 0 amide bonds. The molecule has 20 heavy (non-hydrogen) atoms. The van der Waals surface area contributed by atoms with Crippen LogP contribution in [0.3, 0.4) is 0 Å². The number of unbranched alkanes of at least 4 members (excludes halogenated alkanes) is 2. The van der Waals surface area contributed by atoms with Gasteiger partial charge in [-0.1, -0.05) is 24.1 Å². The van der Waals surface area contributed by atoms with E-state index < -0.39 is 9.84 Å². The second-order valence-electron chi connectivity index (χ2n) is 4.72. The Balaban J connectivity index is 2.52. The summed E-state index contributed by atoms with van der Waals surface area (Å²) in [5.41, 5.74) is 0.667. The number of rotatable bonds is 9. The zero-order valence-corrected chi connectivity index (χ0v) is 14.4. The Labute approximate surface area is 131 Å². The summed E-state index contributed by atoms with van der Waals surface area (Å²) in [6.07, 6.45) is 6.84. The Bertz CT molecular complexity index is 518. The van der Waals surface area contributed by atoms with Crippen LogP contribution in [0.5, 0.6) is 0 Å². The van der Waals surface area contributed by atoms with Crippen LogP contribution in [0.1, 0.15) is 24.8 Å². The largest absolute Gasteiger partial charge is 0.313 e. The number of benzene rings is 1. The van der Waals surface area contributed by atoms with Gasteiger partial charge in [0, 0.05) is 23.4 Å². The van der Waals surface area contributed by atoms with Gasteiger partial charge in [0.1, 0.15) is 0 Å². The number of halogens is 1. The van der Waals surface area contributed by atoms with Crippen LogP contribution in [0.2, 0.25) is 5.02 Å². The summed E-state index contributed by atoms with van der Waals surface area (Å²) in [6.45, 7) is 1.37. The molecule has 0 saturated heterocycles. The van der Waals surface area contributed by atoms with Crippen molar-refractivity contribution in [3.63, 3.8) is 0 Å². The van der Waals surface area contributed by atoms with E-state index in [1.165, 1.54) is 24.9 Å². The summed E-state index contributed by atoms with van der Waals surface area (Å²) in [5, 5.41) is 3.78. The zero-order chi connectivity index (χ0) is 15.0. The predicted molar refractivity (Wildman–Crippen MR) is 88.5 cm³/mol. The lowest BCUT2D eigenvalue weighted by molar-refractivity contribution is 0.594. The minimum Gasteiger partial charge on any atom is -0.313 e. The highest BCUT2D eigenvalue weighted by Crippen LogP contribution is 2.23. The topological polar surface area (TPSA) is 46.2 Å². The van der Waals surface area contributed by atoms with Gasteiger partial charge in [-0.05, 0) is 43.5 Å². The van der Waals surface area contributed by atoms with Crippen LogP contribution in [0, 0.1) is 0 Å². The number of hydrogen-bond donors (Lipinski definition) is 1. The van der Waals surface area contributed by atoms with Gasteiger partial charge in [0.15, 0.2) is 9.84 Å². The number of sulfone groups is 1. The molecule has 0 atom stereocenters. The van der Waals surface area contributed by atoms with E-state index in [0.29, 0.717) is 22.0 Å². The molecule has 114 valence electrons. The molecule has 1 aromatic carbocycles. The lowest BCUT2D eigenvalue weighted by Gasteiger charge is -2.11. The number of thioether (sulfide) groups is 1. The normalized spacial score (nSPS) is 11.8. The minimum atomic E-state index is -3.24. The maximum absolute atomic E-state index is 11.7. The highest BCUT2D eigenvalue weighted by Gasteiger charge is 2.15. The van der Waals surface area contributed by atoms with E-state index in [9.17, 15) is 8.42 Å². The first-order valence-corrected chi connectivity index (χ1v) is 10.3. The molecule has 0 saturated carbocycles. The van der Waals surface area contributed by atoms with E-state index in [2.05, 4.69) is 11.6 Å². The molecule has 1 aromatic rings. The number of hydrogen-bond acceptors (Lipinski definition) is 4. The van der Waals surface area contributed by atoms with Gasteiger partial charge in [0.2, 0.25) is 0 Å². The Morgan fingerprint density at radius 3 is 2.65 bits per heavy atom. The van der Waals surface area contributed by atoms with Crippen LogP contribution in [-0.2, 0) is 16.4 Å². The third-order valence-corrected chi connectivity index (χ3v) is 5.21. The van der Waals surface area contributed by atoms with Gasteiger partial charge in [-0.15, -0.1) is 0 Å². The van der Waals surface area contributed by atoms with Crippen molar-refractivity contribution < 1.29 is 8.42 Å². The van der Waals surface area contributed by atoms with Gasteiger partial charge in [-0.25, -0.2) is 8.42 Å². The molecule has 0 radical (unpaired) electrons. The van der Waals surface area contributed by atoms with Crippen molar-refractivity contribution >= 4 is 33.2 Å². The second-order valence-corrected chi connectivity index (χ2v) is 8.10. The maximum atomic E-state index is 11.7. The molecule has 0 aliphatic carbocycles. The van der Waals surface area contributed by atoms with Crippen molar-refractivity contribution in [1.29, 1.82) is 0 Å². The van der Waals surface area contributed by atoms with Crippen molar-refractivity contribution in [2.75, 3.05) is 24.8 Å². The third kappa shape index (κ3) is 6.04. The predicted octanol–water partition coefficient (Wildman–Crippen LogP) is 3.37. The Hall–Kier alpha value is -0.230. The van der Waals surface area contributed by atoms with E-state index in [4.69, 9.17) is 11.6 Å². The van der Waals surface area contributed by atoms with E-state index in [1.54, 1.807) is 18.2 Å². The summed E-state index contributed by atoms with van der Waals surface area (Å²) in [7, 11) is -3.24. The Morgan fingerprint density at radius 2 is 2.00 bits per heavy atom. The molecule has 0 spiro atoms. The standard InChI is InChI=1S/C14H22ClNO2S2/c1-19-10-5-3-4-9-16-11-12-13(15)7-6-8-14(12)20(2,17)18/h6-8,16H,3-5,9-11H2,1-2H3. The molecule has 0 unspecified atom stereocenters. The van der Waals surface area contributed by atoms with Crippen molar-refractivity contribution in [2.24, 2.45) is 0 Å². The van der Waals surface area contributed by atoms with Crippen molar-refractivity contribution in [1.82, 2.24) is 5.32 Å². The molecule has 1 rings (SSSR count). The fourth-order valence-electron chi connectivity index (χ4n) is 1.94. The summed E-state index contributed by atoms with van der Waals surface area (Å²) in [5.74, 6) is 1.20. The molecular formula is C14H22ClNO2S2. The third-order valence-electron chi connectivity index (χ3n) is 2.98. The lowest BCUT2D eigenvalue weighted by Crippen LogP contribution is -2.17. The summed E-state index contributed by atoms with van der Waals surface area (Å²) in [6, 6.07) is 5.01. The van der Waals surface area contributed by atoms with Crippen LogP contribution >= 0.6 is 23.4 Å². The molecule has 0 bridgehead atoms. The first kappa shape index (κ1) is 17.8. The molecular weight excluding hydrogens is 314 g/mol. The molecule has 3 nitrogen and oxygen atoms in total. The quantitative estimate of drug-likeness (QED) is 0.703. The summed E-state index contributed by atoms with van der Waals surface area (Å²) in [4.78, 5) is 0.319.